The number of fused-ring (bicyclic) bond motifs is 4. The number of nitrogens with one attached hydrogen (secondary N) is 3. The zero-order chi connectivity index (χ0) is 24.9. The second-order valence-electron chi connectivity index (χ2n) is 9.13. The Morgan fingerprint density at radius 2 is 1.74 bits per heavy atom. The van der Waals surface area contributed by atoms with Crippen molar-refractivity contribution in [1.29, 1.82) is 0 Å². The van der Waals surface area contributed by atoms with E-state index in [-0.39, 0.29) is 35.2 Å². The fourth-order valence-electron chi connectivity index (χ4n) is 4.88. The molecule has 2 bridgehead atoms. The lowest BCUT2D eigenvalue weighted by Gasteiger charge is -2.43. The molecule has 3 N–H and O–H groups in total. The molecule has 186 valence electrons. The van der Waals surface area contributed by atoms with E-state index in [1.807, 2.05) is 16.9 Å². The summed E-state index contributed by atoms with van der Waals surface area (Å²) in [6, 6.07) is 11.2. The molecule has 1 fully saturated rings. The number of anilines is 2. The van der Waals surface area contributed by atoms with E-state index < -0.39 is 6.04 Å². The lowest BCUT2D eigenvalue weighted by molar-refractivity contribution is -0.118. The van der Waals surface area contributed by atoms with Crippen molar-refractivity contribution in [3.8, 4) is 0 Å². The maximum atomic E-state index is 13.2. The van der Waals surface area contributed by atoms with Gasteiger partial charge in [-0.2, -0.15) is 11.8 Å². The number of piperidine rings is 1. The van der Waals surface area contributed by atoms with Crippen LogP contribution in [0.3, 0.4) is 0 Å². The molecule has 4 amide bonds. The van der Waals surface area contributed by atoms with E-state index in [0.717, 1.165) is 17.9 Å². The van der Waals surface area contributed by atoms with Crippen molar-refractivity contribution in [1.82, 2.24) is 14.8 Å². The molecule has 1 saturated heterocycles. The second-order valence-corrected chi connectivity index (χ2v) is 10.1. The van der Waals surface area contributed by atoms with Crippen molar-refractivity contribution >= 4 is 41.0 Å². The van der Waals surface area contributed by atoms with Gasteiger partial charge in [-0.05, 0) is 61.1 Å². The molecule has 9 nitrogen and oxygen atoms in total. The number of pyridine rings is 1. The first-order valence-electron chi connectivity index (χ1n) is 11.8. The zero-order valence-corrected chi connectivity index (χ0v) is 20.8. The van der Waals surface area contributed by atoms with Crippen LogP contribution in [0.5, 0.6) is 0 Å². The van der Waals surface area contributed by atoms with Gasteiger partial charge in [0.15, 0.2) is 0 Å². The summed E-state index contributed by atoms with van der Waals surface area (Å²) in [5.74, 6) is 0.602. The van der Waals surface area contributed by atoms with Gasteiger partial charge in [0.2, 0.25) is 11.8 Å². The highest BCUT2D eigenvalue weighted by Crippen LogP contribution is 2.34. The Hall–Kier alpha value is -3.27. The summed E-state index contributed by atoms with van der Waals surface area (Å²) in [4.78, 5) is 51.5. The van der Waals surface area contributed by atoms with Crippen molar-refractivity contribution in [3.63, 3.8) is 0 Å². The predicted octanol–water partition coefficient (Wildman–Crippen LogP) is 2.70. The van der Waals surface area contributed by atoms with Gasteiger partial charge in [-0.15, -0.1) is 0 Å². The molecule has 0 saturated carbocycles. The number of hydrogen-bond donors (Lipinski definition) is 3. The van der Waals surface area contributed by atoms with Crippen LogP contribution in [0.4, 0.5) is 16.2 Å². The van der Waals surface area contributed by atoms with E-state index in [9.17, 15) is 19.2 Å². The lowest BCUT2D eigenvalue weighted by atomic mass is 9.83. The van der Waals surface area contributed by atoms with E-state index in [2.05, 4.69) is 16.0 Å². The van der Waals surface area contributed by atoms with Crippen LogP contribution in [-0.2, 0) is 16.1 Å². The molecule has 10 heteroatoms. The van der Waals surface area contributed by atoms with Gasteiger partial charge in [-0.3, -0.25) is 14.4 Å². The summed E-state index contributed by atoms with van der Waals surface area (Å²) in [5.41, 5.74) is 2.21. The van der Waals surface area contributed by atoms with Crippen LogP contribution in [0.2, 0.25) is 0 Å². The smallest absolute Gasteiger partial charge is 0.318 e. The van der Waals surface area contributed by atoms with Crippen LogP contribution in [0.25, 0.3) is 0 Å². The molecular formula is C25H31N5O4S. The number of thioether (sulfide) groups is 1. The van der Waals surface area contributed by atoms with Gasteiger partial charge in [0.25, 0.3) is 5.56 Å². The summed E-state index contributed by atoms with van der Waals surface area (Å²) in [5, 5.41) is 8.50. The largest absolute Gasteiger partial charge is 0.326 e. The summed E-state index contributed by atoms with van der Waals surface area (Å²) >= 11 is 1.61. The van der Waals surface area contributed by atoms with Gasteiger partial charge in [-0.25, -0.2) is 4.79 Å². The Bertz CT molecular complexity index is 1150. The summed E-state index contributed by atoms with van der Waals surface area (Å²) in [6.45, 7) is 3.13. The first kappa shape index (κ1) is 24.8. The average Bonchev–Trinajstić information content (AvgIpc) is 2.83. The Balaban J connectivity index is 1.41. The van der Waals surface area contributed by atoms with Crippen molar-refractivity contribution in [2.45, 2.75) is 38.3 Å². The third kappa shape index (κ3) is 6.05. The topological polar surface area (TPSA) is 113 Å². The Morgan fingerprint density at radius 1 is 1.03 bits per heavy atom. The van der Waals surface area contributed by atoms with Gasteiger partial charge in [0.1, 0.15) is 6.04 Å². The lowest BCUT2D eigenvalue weighted by Crippen LogP contribution is -2.55. The highest BCUT2D eigenvalue weighted by molar-refractivity contribution is 7.98. The fraction of sp³-hybridized carbons (Fsp3) is 0.440. The molecule has 35 heavy (non-hydrogen) atoms. The number of likely N-dealkylation sites (tertiary alicyclic amines) is 1. The minimum atomic E-state index is -0.679. The fourth-order valence-corrected chi connectivity index (χ4v) is 5.35. The number of nitrogens with zero attached hydrogens (tertiary/aromatic N) is 2. The molecule has 3 heterocycles. The van der Waals surface area contributed by atoms with Crippen molar-refractivity contribution in [2.75, 3.05) is 35.7 Å². The number of aromatic nitrogens is 1. The molecule has 1 aromatic heterocycles. The van der Waals surface area contributed by atoms with E-state index in [1.165, 1.54) is 6.92 Å². The van der Waals surface area contributed by atoms with Gasteiger partial charge in [-0.1, -0.05) is 6.07 Å². The number of urea groups is 1. The Morgan fingerprint density at radius 3 is 2.43 bits per heavy atom. The Kier molecular flexibility index (Phi) is 7.80. The number of carbonyl (C=O) groups is 3. The first-order valence-corrected chi connectivity index (χ1v) is 13.2. The molecule has 4 rings (SSSR count). The molecular weight excluding hydrogens is 466 g/mol. The van der Waals surface area contributed by atoms with Gasteiger partial charge in [0, 0.05) is 55.6 Å². The standard InChI is InChI=1S/C25H31N5O4S/c1-16(31)26-19-6-8-20(9-7-19)27-24(33)21(10-11-35-2)28-25(34)29-13-17-12-18(15-29)22-4-3-5-23(32)30(22)14-17/h3-9,17-18,21H,10-15H2,1-2H3,(H,26,31)(H,27,33)(H,28,34)/t17-,18+,21+/m1/s1. The summed E-state index contributed by atoms with van der Waals surface area (Å²) < 4.78 is 1.83. The summed E-state index contributed by atoms with van der Waals surface area (Å²) in [6.07, 6.45) is 3.42. The maximum absolute atomic E-state index is 13.2. The van der Waals surface area contributed by atoms with Crippen LogP contribution in [0, 0.1) is 5.92 Å². The number of hydrogen-bond acceptors (Lipinski definition) is 5. The summed E-state index contributed by atoms with van der Waals surface area (Å²) in [7, 11) is 0. The molecule has 3 atom stereocenters. The van der Waals surface area contributed by atoms with E-state index in [1.54, 1.807) is 53.1 Å². The van der Waals surface area contributed by atoms with E-state index in [4.69, 9.17) is 0 Å². The normalized spacial score (nSPS) is 19.3. The SMILES string of the molecule is CSCC[C@H](NC(=O)N1C[C@H]2C[C@@H](C1)c1cccc(=O)n1C2)C(=O)Nc1ccc(NC(C)=O)cc1. The number of carbonyl (C=O) groups excluding carboxylic acids is 3. The molecule has 0 aliphatic carbocycles. The molecule has 2 aliphatic rings. The number of benzene rings is 1. The van der Waals surface area contributed by atoms with E-state index >= 15 is 0 Å². The maximum Gasteiger partial charge on any atom is 0.318 e. The molecule has 2 aliphatic heterocycles. The number of rotatable bonds is 7. The van der Waals surface area contributed by atoms with Crippen molar-refractivity contribution in [2.24, 2.45) is 5.92 Å². The molecule has 1 aromatic carbocycles. The number of amides is 4. The van der Waals surface area contributed by atoms with Crippen molar-refractivity contribution in [3.05, 3.63) is 58.5 Å². The van der Waals surface area contributed by atoms with Crippen LogP contribution < -0.4 is 21.5 Å². The van der Waals surface area contributed by atoms with Crippen LogP contribution in [-0.4, -0.2) is 58.5 Å². The van der Waals surface area contributed by atoms with Crippen molar-refractivity contribution < 1.29 is 14.4 Å². The van der Waals surface area contributed by atoms with Gasteiger partial charge in [0.05, 0.1) is 0 Å². The Labute approximate surface area is 208 Å². The first-order chi connectivity index (χ1) is 16.8. The average molecular weight is 498 g/mol. The minimum absolute atomic E-state index is 0.00834. The molecule has 2 aromatic rings. The van der Waals surface area contributed by atoms with Gasteiger partial charge >= 0.3 is 6.03 Å². The quantitative estimate of drug-likeness (QED) is 0.545. The molecule has 0 spiro atoms. The molecule has 0 unspecified atom stereocenters. The predicted molar refractivity (Wildman–Crippen MR) is 138 cm³/mol. The highest BCUT2D eigenvalue weighted by Gasteiger charge is 2.37. The van der Waals surface area contributed by atoms with Gasteiger partial charge < -0.3 is 25.4 Å². The second kappa shape index (κ2) is 11.0. The van der Waals surface area contributed by atoms with Crippen LogP contribution in [0.1, 0.15) is 31.4 Å². The van der Waals surface area contributed by atoms with Crippen LogP contribution in [0.15, 0.2) is 47.3 Å². The monoisotopic (exact) mass is 497 g/mol. The van der Waals surface area contributed by atoms with E-state index in [0.29, 0.717) is 37.4 Å². The third-order valence-corrected chi connectivity index (χ3v) is 7.11. The third-order valence-electron chi connectivity index (χ3n) is 6.46. The minimum Gasteiger partial charge on any atom is -0.326 e. The zero-order valence-electron chi connectivity index (χ0n) is 20.0. The van der Waals surface area contributed by atoms with Crippen LogP contribution >= 0.6 is 11.8 Å². The highest BCUT2D eigenvalue weighted by atomic mass is 32.2. The molecule has 0 radical (unpaired) electrons.